The first-order valence-electron chi connectivity index (χ1n) is 9.50. The summed E-state index contributed by atoms with van der Waals surface area (Å²) < 4.78 is 1.46. The molecule has 1 aliphatic heterocycles. The number of amides is 1. The third-order valence-electron chi connectivity index (χ3n) is 5.37. The Hall–Kier alpha value is -2.47. The average molecular weight is 382 g/mol. The van der Waals surface area contributed by atoms with Crippen LogP contribution in [0, 0.1) is 0 Å². The Morgan fingerprint density at radius 1 is 1.26 bits per heavy atom. The van der Waals surface area contributed by atoms with Crippen LogP contribution in [0.2, 0.25) is 0 Å². The van der Waals surface area contributed by atoms with E-state index in [1.165, 1.54) is 28.7 Å². The van der Waals surface area contributed by atoms with Gasteiger partial charge in [0.15, 0.2) is 0 Å². The number of aromatic nitrogens is 2. The van der Waals surface area contributed by atoms with Gasteiger partial charge in [0.1, 0.15) is 11.4 Å². The van der Waals surface area contributed by atoms with Crippen LogP contribution < -0.4 is 5.56 Å². The topological polar surface area (TPSA) is 55.2 Å². The highest BCUT2D eigenvalue weighted by Gasteiger charge is 2.26. The van der Waals surface area contributed by atoms with Crippen LogP contribution in [0.15, 0.2) is 46.8 Å². The molecule has 1 atom stereocenters. The zero-order valence-electron chi connectivity index (χ0n) is 15.4. The second kappa shape index (κ2) is 7.64. The summed E-state index contributed by atoms with van der Waals surface area (Å²) in [5.74, 6) is 0.0151. The van der Waals surface area contributed by atoms with E-state index in [1.54, 1.807) is 0 Å². The molecule has 0 spiro atoms. The van der Waals surface area contributed by atoms with E-state index in [4.69, 9.17) is 0 Å². The highest BCUT2D eigenvalue weighted by atomic mass is 32.1. The van der Waals surface area contributed by atoms with Crippen LogP contribution in [0.3, 0.4) is 0 Å². The summed E-state index contributed by atoms with van der Waals surface area (Å²) in [6.45, 7) is 2.96. The maximum atomic E-state index is 13.1. The Balaban J connectivity index is 1.68. The van der Waals surface area contributed by atoms with Gasteiger partial charge in [-0.3, -0.25) is 14.2 Å². The van der Waals surface area contributed by atoms with Crippen LogP contribution in [-0.2, 0) is 11.3 Å². The number of hydrogen-bond acceptors (Lipinski definition) is 4. The molecule has 1 aliphatic rings. The smallest absolute Gasteiger partial charge is 0.263 e. The molecule has 0 unspecified atom stereocenters. The second-order valence-corrected chi connectivity index (χ2v) is 7.88. The van der Waals surface area contributed by atoms with Crippen molar-refractivity contribution in [2.75, 3.05) is 6.54 Å². The van der Waals surface area contributed by atoms with Gasteiger partial charge in [0.05, 0.1) is 11.7 Å². The summed E-state index contributed by atoms with van der Waals surface area (Å²) in [4.78, 5) is 33.1. The molecule has 6 heteroatoms. The summed E-state index contributed by atoms with van der Waals surface area (Å²) in [6, 6.07) is 10.1. The number of fused-ring (bicyclic) bond motifs is 1. The summed E-state index contributed by atoms with van der Waals surface area (Å²) in [6.07, 6.45) is 5.73. The van der Waals surface area contributed by atoms with E-state index in [1.807, 2.05) is 40.6 Å². The number of benzene rings is 1. The fraction of sp³-hybridized carbons (Fsp3) is 0.381. The molecule has 0 bridgehead atoms. The number of likely N-dealkylation sites (tertiary alicyclic amines) is 1. The molecule has 1 fully saturated rings. The highest BCUT2D eigenvalue weighted by molar-refractivity contribution is 7.17. The molecule has 1 aromatic carbocycles. The molecule has 1 amide bonds. The maximum absolute atomic E-state index is 13.1. The van der Waals surface area contributed by atoms with Crippen molar-refractivity contribution in [2.24, 2.45) is 0 Å². The molecule has 0 N–H and O–H groups in total. The van der Waals surface area contributed by atoms with E-state index in [2.05, 4.69) is 11.9 Å². The molecular formula is C21H23N3O2S. The number of carbonyl (C=O) groups is 1. The SMILES string of the molecule is CC[C@@H]1CCCCN1C(=O)Cn1cnc2scc(-c3ccccc3)c2c1=O. The summed E-state index contributed by atoms with van der Waals surface area (Å²) in [5, 5.41) is 2.57. The first kappa shape index (κ1) is 17.9. The predicted octanol–water partition coefficient (Wildman–Crippen LogP) is 3.92. The van der Waals surface area contributed by atoms with Crippen molar-refractivity contribution in [2.45, 2.75) is 45.2 Å². The molecule has 4 rings (SSSR count). The van der Waals surface area contributed by atoms with Gasteiger partial charge in [-0.1, -0.05) is 37.3 Å². The number of hydrogen-bond donors (Lipinski definition) is 0. The molecular weight excluding hydrogens is 358 g/mol. The number of rotatable bonds is 4. The molecule has 1 saturated heterocycles. The van der Waals surface area contributed by atoms with Crippen molar-refractivity contribution >= 4 is 27.5 Å². The van der Waals surface area contributed by atoms with Crippen molar-refractivity contribution in [3.05, 3.63) is 52.4 Å². The normalized spacial score (nSPS) is 17.4. The minimum atomic E-state index is -0.140. The lowest BCUT2D eigenvalue weighted by atomic mass is 10.00. The number of nitrogens with zero attached hydrogens (tertiary/aromatic N) is 3. The molecule has 2 aromatic heterocycles. The van der Waals surface area contributed by atoms with Crippen molar-refractivity contribution < 1.29 is 4.79 Å². The maximum Gasteiger partial charge on any atom is 0.263 e. The third-order valence-corrected chi connectivity index (χ3v) is 6.26. The largest absolute Gasteiger partial charge is 0.338 e. The van der Waals surface area contributed by atoms with Gasteiger partial charge in [0.2, 0.25) is 5.91 Å². The third kappa shape index (κ3) is 3.41. The molecule has 3 aromatic rings. The van der Waals surface area contributed by atoms with E-state index in [0.29, 0.717) is 16.3 Å². The summed E-state index contributed by atoms with van der Waals surface area (Å²) in [7, 11) is 0. The quantitative estimate of drug-likeness (QED) is 0.688. The van der Waals surface area contributed by atoms with E-state index in [0.717, 1.165) is 36.9 Å². The molecule has 140 valence electrons. The van der Waals surface area contributed by atoms with Crippen LogP contribution in [0.5, 0.6) is 0 Å². The molecule has 0 saturated carbocycles. The molecule has 3 heterocycles. The van der Waals surface area contributed by atoms with Crippen molar-refractivity contribution in [3.8, 4) is 11.1 Å². The Morgan fingerprint density at radius 3 is 2.85 bits per heavy atom. The lowest BCUT2D eigenvalue weighted by Crippen LogP contribution is -2.45. The van der Waals surface area contributed by atoms with Gasteiger partial charge in [0, 0.05) is 23.5 Å². The Kier molecular flexibility index (Phi) is 5.07. The minimum absolute atomic E-state index is 0.0151. The predicted molar refractivity (Wildman–Crippen MR) is 109 cm³/mol. The van der Waals surface area contributed by atoms with Crippen molar-refractivity contribution in [1.82, 2.24) is 14.5 Å². The molecule has 27 heavy (non-hydrogen) atoms. The van der Waals surface area contributed by atoms with Crippen LogP contribution in [0.4, 0.5) is 0 Å². The summed E-state index contributed by atoms with van der Waals surface area (Å²) in [5.41, 5.74) is 1.74. The Labute approximate surface area is 162 Å². The van der Waals surface area contributed by atoms with E-state index < -0.39 is 0 Å². The lowest BCUT2D eigenvalue weighted by Gasteiger charge is -2.35. The highest BCUT2D eigenvalue weighted by Crippen LogP contribution is 2.30. The minimum Gasteiger partial charge on any atom is -0.338 e. The second-order valence-electron chi connectivity index (χ2n) is 7.02. The lowest BCUT2D eigenvalue weighted by molar-refractivity contribution is -0.135. The fourth-order valence-corrected chi connectivity index (χ4v) is 4.81. The number of carbonyl (C=O) groups excluding carboxylic acids is 1. The Bertz CT molecular complexity index is 1010. The van der Waals surface area contributed by atoms with Gasteiger partial charge in [-0.2, -0.15) is 0 Å². The van der Waals surface area contributed by atoms with E-state index in [9.17, 15) is 9.59 Å². The standard InChI is InChI=1S/C21H23N3O2S/c1-2-16-10-6-7-11-24(16)18(25)12-23-14-22-20-19(21(23)26)17(13-27-20)15-8-4-3-5-9-15/h3-5,8-9,13-14,16H,2,6-7,10-12H2,1H3/t16-/m1/s1. The van der Waals surface area contributed by atoms with Gasteiger partial charge in [0.25, 0.3) is 5.56 Å². The van der Waals surface area contributed by atoms with E-state index >= 15 is 0 Å². The van der Waals surface area contributed by atoms with Gasteiger partial charge >= 0.3 is 0 Å². The molecule has 5 nitrogen and oxygen atoms in total. The van der Waals surface area contributed by atoms with Crippen LogP contribution in [0.25, 0.3) is 21.3 Å². The monoisotopic (exact) mass is 381 g/mol. The first-order chi connectivity index (χ1) is 13.2. The van der Waals surface area contributed by atoms with Gasteiger partial charge in [-0.05, 0) is 31.2 Å². The number of thiophene rings is 1. The first-order valence-corrected chi connectivity index (χ1v) is 10.4. The van der Waals surface area contributed by atoms with Gasteiger partial charge < -0.3 is 4.90 Å². The number of piperidine rings is 1. The zero-order chi connectivity index (χ0) is 18.8. The van der Waals surface area contributed by atoms with Crippen LogP contribution in [0.1, 0.15) is 32.6 Å². The van der Waals surface area contributed by atoms with Crippen LogP contribution in [-0.4, -0.2) is 32.9 Å². The van der Waals surface area contributed by atoms with Crippen molar-refractivity contribution in [1.29, 1.82) is 0 Å². The zero-order valence-corrected chi connectivity index (χ0v) is 16.2. The Morgan fingerprint density at radius 2 is 2.07 bits per heavy atom. The fourth-order valence-electron chi connectivity index (χ4n) is 3.90. The summed E-state index contributed by atoms with van der Waals surface area (Å²) >= 11 is 1.46. The molecule has 0 radical (unpaired) electrons. The van der Waals surface area contributed by atoms with Crippen LogP contribution >= 0.6 is 11.3 Å². The average Bonchev–Trinajstić information content (AvgIpc) is 3.15. The van der Waals surface area contributed by atoms with Gasteiger partial charge in [-0.15, -0.1) is 11.3 Å². The molecule has 0 aliphatic carbocycles. The van der Waals surface area contributed by atoms with Crippen molar-refractivity contribution in [3.63, 3.8) is 0 Å². The van der Waals surface area contributed by atoms with E-state index in [-0.39, 0.29) is 18.0 Å². The van der Waals surface area contributed by atoms with Gasteiger partial charge in [-0.25, -0.2) is 4.98 Å².